The Balaban J connectivity index is 1.30. The number of amides is 1. The van der Waals surface area contributed by atoms with Crippen LogP contribution in [0.4, 0.5) is 23.1 Å². The first-order valence-corrected chi connectivity index (χ1v) is 13.9. The highest BCUT2D eigenvalue weighted by molar-refractivity contribution is 5.96. The molecule has 1 aromatic carbocycles. The molecule has 4 aromatic rings. The molecule has 0 aliphatic carbocycles. The van der Waals surface area contributed by atoms with E-state index in [1.54, 1.807) is 32.6 Å². The number of carbonyl (C=O) groups excluding carboxylic acids is 1. The van der Waals surface area contributed by atoms with Gasteiger partial charge in [-0.1, -0.05) is 18.2 Å². The molecule has 12 nitrogen and oxygen atoms in total. The summed E-state index contributed by atoms with van der Waals surface area (Å²) in [6.45, 7) is 4.86. The summed E-state index contributed by atoms with van der Waals surface area (Å²) in [5.74, 6) is 1.70. The van der Waals surface area contributed by atoms with Gasteiger partial charge in [0.2, 0.25) is 5.95 Å². The highest BCUT2D eigenvalue weighted by atomic mass is 16.5. The second kappa shape index (κ2) is 10.4. The molecule has 1 fully saturated rings. The number of aromatic nitrogens is 5. The van der Waals surface area contributed by atoms with E-state index in [0.29, 0.717) is 47.5 Å². The van der Waals surface area contributed by atoms with Gasteiger partial charge in [-0.05, 0) is 50.2 Å². The molecule has 6 heterocycles. The molecular weight excluding hydrogens is 522 g/mol. The normalized spacial score (nSPS) is 18.3. The minimum Gasteiger partial charge on any atom is -0.480 e. The summed E-state index contributed by atoms with van der Waals surface area (Å²) >= 11 is 0. The van der Waals surface area contributed by atoms with E-state index in [0.717, 1.165) is 50.4 Å². The van der Waals surface area contributed by atoms with E-state index < -0.39 is 0 Å². The summed E-state index contributed by atoms with van der Waals surface area (Å²) < 4.78 is 8.96. The molecule has 7 rings (SSSR count). The Labute approximate surface area is 236 Å². The van der Waals surface area contributed by atoms with E-state index in [2.05, 4.69) is 39.3 Å². The van der Waals surface area contributed by atoms with Crippen molar-refractivity contribution in [1.82, 2.24) is 29.2 Å². The molecule has 12 heteroatoms. The fourth-order valence-electron chi connectivity index (χ4n) is 5.54. The highest BCUT2D eigenvalue weighted by Gasteiger charge is 2.28. The third-order valence-corrected chi connectivity index (χ3v) is 7.79. The van der Waals surface area contributed by atoms with Gasteiger partial charge in [-0.25, -0.2) is 19.3 Å². The molecule has 1 amide bonds. The largest absolute Gasteiger partial charge is 0.480 e. The summed E-state index contributed by atoms with van der Waals surface area (Å²) in [7, 11) is 2.14. The van der Waals surface area contributed by atoms with Crippen molar-refractivity contribution in [2.45, 2.75) is 19.4 Å². The molecule has 0 spiro atoms. The Morgan fingerprint density at radius 1 is 0.976 bits per heavy atom. The minimum absolute atomic E-state index is 0.0146. The Kier molecular flexibility index (Phi) is 6.38. The number of hydrogen-bond acceptors (Lipinski definition) is 9. The number of anilines is 4. The lowest BCUT2D eigenvalue weighted by molar-refractivity contribution is -0.121. The van der Waals surface area contributed by atoms with Crippen molar-refractivity contribution < 1.29 is 9.53 Å². The van der Waals surface area contributed by atoms with Gasteiger partial charge in [-0.2, -0.15) is 4.98 Å². The monoisotopic (exact) mass is 553 g/mol. The van der Waals surface area contributed by atoms with Gasteiger partial charge in [0.1, 0.15) is 5.39 Å². The van der Waals surface area contributed by atoms with Crippen LogP contribution in [0.1, 0.15) is 12.8 Å². The quantitative estimate of drug-likeness (QED) is 0.383. The molecule has 1 N–H and O–H groups in total. The van der Waals surface area contributed by atoms with Gasteiger partial charge in [0, 0.05) is 50.3 Å². The van der Waals surface area contributed by atoms with Crippen LogP contribution < -0.4 is 25.4 Å². The third-order valence-electron chi connectivity index (χ3n) is 7.79. The molecule has 3 aromatic heterocycles. The molecule has 210 valence electrons. The van der Waals surface area contributed by atoms with Gasteiger partial charge in [-0.3, -0.25) is 14.5 Å². The number of benzene rings is 1. The van der Waals surface area contributed by atoms with Gasteiger partial charge in [0.05, 0.1) is 6.54 Å². The topological polar surface area (TPSA) is 114 Å². The number of pyridine rings is 1. The van der Waals surface area contributed by atoms with Crippen molar-refractivity contribution in [2.24, 2.45) is 0 Å². The lowest BCUT2D eigenvalue weighted by atomic mass is 10.2. The van der Waals surface area contributed by atoms with Crippen LogP contribution in [0.2, 0.25) is 0 Å². The van der Waals surface area contributed by atoms with Crippen LogP contribution in [0.5, 0.6) is 5.75 Å². The first-order chi connectivity index (χ1) is 20.0. The summed E-state index contributed by atoms with van der Waals surface area (Å²) in [4.78, 5) is 46.7. The minimum atomic E-state index is -0.214. The molecule has 3 aliphatic rings. The van der Waals surface area contributed by atoms with Crippen LogP contribution in [-0.4, -0.2) is 81.5 Å². The zero-order chi connectivity index (χ0) is 27.9. The molecule has 1 saturated heterocycles. The van der Waals surface area contributed by atoms with Crippen LogP contribution in [0.25, 0.3) is 16.9 Å². The predicted octanol–water partition coefficient (Wildman–Crippen LogP) is 2.55. The van der Waals surface area contributed by atoms with Crippen molar-refractivity contribution in [3.63, 3.8) is 0 Å². The SMILES string of the molecule is CN1CCN(c2cccc(Nc3ncc4c(=O)n5n(c4n3)-c3ccc4c(n3)N(CCC/C=C\C5)C(=O)CO4)c2)CC1. The summed E-state index contributed by atoms with van der Waals surface area (Å²) in [6.07, 6.45) is 7.11. The number of fused-ring (bicyclic) bond motifs is 5. The van der Waals surface area contributed by atoms with Crippen molar-refractivity contribution >= 4 is 40.1 Å². The second-order valence-corrected chi connectivity index (χ2v) is 10.5. The van der Waals surface area contributed by atoms with Crippen molar-refractivity contribution in [3.8, 4) is 11.6 Å². The molecule has 41 heavy (non-hydrogen) atoms. The second-order valence-electron chi connectivity index (χ2n) is 10.5. The Morgan fingerprint density at radius 2 is 1.85 bits per heavy atom. The summed E-state index contributed by atoms with van der Waals surface area (Å²) in [5, 5.41) is 3.71. The smallest absolute Gasteiger partial charge is 0.278 e. The number of nitrogens with zero attached hydrogens (tertiary/aromatic N) is 8. The van der Waals surface area contributed by atoms with E-state index in [-0.39, 0.29) is 18.1 Å². The maximum atomic E-state index is 13.5. The first-order valence-electron chi connectivity index (χ1n) is 13.9. The van der Waals surface area contributed by atoms with Gasteiger partial charge in [-0.15, -0.1) is 0 Å². The van der Waals surface area contributed by atoms with Crippen LogP contribution in [0.3, 0.4) is 0 Å². The Hall–Kier alpha value is -4.71. The van der Waals surface area contributed by atoms with Crippen LogP contribution in [0.15, 0.2) is 59.5 Å². The zero-order valence-corrected chi connectivity index (χ0v) is 22.9. The third kappa shape index (κ3) is 4.69. The van der Waals surface area contributed by atoms with Crippen molar-refractivity contribution in [3.05, 3.63) is 65.1 Å². The average Bonchev–Trinajstić information content (AvgIpc) is 3.25. The van der Waals surface area contributed by atoms with E-state index in [1.807, 2.05) is 24.3 Å². The lowest BCUT2D eigenvalue weighted by Crippen LogP contribution is -2.44. The first kappa shape index (κ1) is 25.3. The number of likely N-dealkylation sites (N-methyl/N-ethyl adjacent to an activating group) is 1. The fraction of sp³-hybridized carbons (Fsp3) is 0.345. The van der Waals surface area contributed by atoms with Gasteiger partial charge in [0.25, 0.3) is 11.5 Å². The maximum absolute atomic E-state index is 13.5. The number of allylic oxidation sites excluding steroid dienone is 2. The standard InChI is InChI=1S/C29H31N9O3/c1-34-13-15-35(16-14-34)21-8-6-7-20(17-21)31-29-30-18-22-26(33-29)38-24-10-9-23-27(32-24)36(25(39)19-41-23)11-4-2-3-5-12-37(38)28(22)40/h3,5-10,17-18H,2,4,11-16,19H2,1H3,(H,30,31,33)/b5-3-. The molecule has 0 saturated carbocycles. The fourth-order valence-corrected chi connectivity index (χ4v) is 5.54. The average molecular weight is 554 g/mol. The van der Waals surface area contributed by atoms with E-state index in [1.165, 1.54) is 0 Å². The van der Waals surface area contributed by atoms with E-state index in [4.69, 9.17) is 14.7 Å². The van der Waals surface area contributed by atoms with Crippen molar-refractivity contribution in [2.75, 3.05) is 61.5 Å². The Morgan fingerprint density at radius 3 is 2.73 bits per heavy atom. The number of hydrogen-bond donors (Lipinski definition) is 1. The number of piperazine rings is 1. The molecule has 2 bridgehead atoms. The molecule has 0 atom stereocenters. The van der Waals surface area contributed by atoms with Crippen LogP contribution in [0, 0.1) is 0 Å². The molecule has 0 radical (unpaired) electrons. The van der Waals surface area contributed by atoms with Gasteiger partial charge < -0.3 is 19.9 Å². The highest BCUT2D eigenvalue weighted by Crippen LogP contribution is 2.32. The van der Waals surface area contributed by atoms with Crippen LogP contribution in [-0.2, 0) is 11.3 Å². The number of ether oxygens (including phenoxy) is 1. The predicted molar refractivity (Wildman–Crippen MR) is 157 cm³/mol. The summed E-state index contributed by atoms with van der Waals surface area (Å²) in [5.41, 5.74) is 2.21. The number of carbonyl (C=O) groups is 1. The molecular formula is C29H31N9O3. The molecule has 0 unspecified atom stereocenters. The number of nitrogens with one attached hydrogen (secondary N) is 1. The van der Waals surface area contributed by atoms with E-state index >= 15 is 0 Å². The maximum Gasteiger partial charge on any atom is 0.278 e. The Bertz CT molecular complexity index is 1720. The molecule has 3 aliphatic heterocycles. The van der Waals surface area contributed by atoms with Gasteiger partial charge >= 0.3 is 0 Å². The number of rotatable bonds is 3. The van der Waals surface area contributed by atoms with Crippen molar-refractivity contribution in [1.29, 1.82) is 0 Å². The van der Waals surface area contributed by atoms with Gasteiger partial charge in [0.15, 0.2) is 29.6 Å². The van der Waals surface area contributed by atoms with E-state index in [9.17, 15) is 9.59 Å². The van der Waals surface area contributed by atoms with Crippen LogP contribution >= 0.6 is 0 Å². The summed E-state index contributed by atoms with van der Waals surface area (Å²) in [6, 6.07) is 11.8. The lowest BCUT2D eigenvalue weighted by Gasteiger charge is -2.34. The zero-order valence-electron chi connectivity index (χ0n) is 22.9.